The molecule has 0 radical (unpaired) electrons. The van der Waals surface area contributed by atoms with Crippen LogP contribution in [-0.2, 0) is 4.79 Å². The average Bonchev–Trinajstić information content (AvgIpc) is 2.01. The van der Waals surface area contributed by atoms with E-state index in [1.807, 2.05) is 0 Å². The molecule has 82 valence electrons. The lowest BCUT2D eigenvalue weighted by molar-refractivity contribution is -0.132. The molecular formula is C11H21NO2. The van der Waals surface area contributed by atoms with E-state index in [9.17, 15) is 4.79 Å². The van der Waals surface area contributed by atoms with Crippen molar-refractivity contribution in [3.05, 3.63) is 12.2 Å². The van der Waals surface area contributed by atoms with Crippen LogP contribution in [0.2, 0.25) is 0 Å². The van der Waals surface area contributed by atoms with Gasteiger partial charge in [0.05, 0.1) is 0 Å². The zero-order valence-corrected chi connectivity index (χ0v) is 9.55. The number of carbonyl (C=O) groups is 1. The van der Waals surface area contributed by atoms with E-state index < -0.39 is 5.97 Å². The van der Waals surface area contributed by atoms with Crippen LogP contribution in [0.3, 0.4) is 0 Å². The fourth-order valence-corrected chi connectivity index (χ4v) is 0.821. The summed E-state index contributed by atoms with van der Waals surface area (Å²) in [7, 11) is 0. The minimum atomic E-state index is -0.930. The topological polar surface area (TPSA) is 49.3 Å². The SMILES string of the molecule is C=C(CNCC(C)C(C)(C)C)C(=O)O. The first-order valence-corrected chi connectivity index (χ1v) is 4.87. The van der Waals surface area contributed by atoms with Crippen molar-refractivity contribution in [3.8, 4) is 0 Å². The second-order valence-corrected chi connectivity index (χ2v) is 4.81. The predicted octanol–water partition coefficient (Wildman–Crippen LogP) is 1.90. The Balaban J connectivity index is 3.76. The lowest BCUT2D eigenvalue weighted by Crippen LogP contribution is -2.31. The maximum Gasteiger partial charge on any atom is 0.332 e. The minimum Gasteiger partial charge on any atom is -0.478 e. The third kappa shape index (κ3) is 5.02. The molecule has 0 amide bonds. The molecule has 0 bridgehead atoms. The first-order valence-electron chi connectivity index (χ1n) is 4.87. The second-order valence-electron chi connectivity index (χ2n) is 4.81. The van der Waals surface area contributed by atoms with Gasteiger partial charge in [-0.15, -0.1) is 0 Å². The molecule has 0 spiro atoms. The summed E-state index contributed by atoms with van der Waals surface area (Å²) in [6.45, 7) is 13.3. The number of rotatable bonds is 5. The van der Waals surface area contributed by atoms with Crippen molar-refractivity contribution in [1.29, 1.82) is 0 Å². The van der Waals surface area contributed by atoms with Gasteiger partial charge in [-0.25, -0.2) is 4.79 Å². The molecular weight excluding hydrogens is 178 g/mol. The Bertz CT molecular complexity index is 216. The van der Waals surface area contributed by atoms with E-state index in [1.54, 1.807) is 0 Å². The predicted molar refractivity (Wildman–Crippen MR) is 58.3 cm³/mol. The number of nitrogens with one attached hydrogen (secondary N) is 1. The molecule has 3 heteroatoms. The summed E-state index contributed by atoms with van der Waals surface area (Å²) in [5.74, 6) is -0.426. The van der Waals surface area contributed by atoms with E-state index in [-0.39, 0.29) is 11.0 Å². The van der Waals surface area contributed by atoms with Gasteiger partial charge in [0.1, 0.15) is 0 Å². The van der Waals surface area contributed by atoms with Crippen LogP contribution >= 0.6 is 0 Å². The molecule has 0 aromatic carbocycles. The smallest absolute Gasteiger partial charge is 0.332 e. The largest absolute Gasteiger partial charge is 0.478 e. The fourth-order valence-electron chi connectivity index (χ4n) is 0.821. The van der Waals surface area contributed by atoms with Crippen molar-refractivity contribution in [1.82, 2.24) is 5.32 Å². The monoisotopic (exact) mass is 199 g/mol. The Kier molecular flexibility index (Phi) is 4.85. The lowest BCUT2D eigenvalue weighted by Gasteiger charge is -2.27. The first kappa shape index (κ1) is 13.2. The van der Waals surface area contributed by atoms with Crippen LogP contribution in [0.15, 0.2) is 12.2 Å². The first-order chi connectivity index (χ1) is 6.25. The Hall–Kier alpha value is -0.830. The molecule has 0 aliphatic carbocycles. The van der Waals surface area contributed by atoms with Crippen LogP contribution in [0.1, 0.15) is 27.7 Å². The van der Waals surface area contributed by atoms with Gasteiger partial charge in [-0.05, 0) is 17.9 Å². The number of hydrogen-bond acceptors (Lipinski definition) is 2. The van der Waals surface area contributed by atoms with Crippen molar-refractivity contribution in [2.75, 3.05) is 13.1 Å². The van der Waals surface area contributed by atoms with E-state index in [0.717, 1.165) is 6.54 Å². The highest BCUT2D eigenvalue weighted by Crippen LogP contribution is 2.24. The van der Waals surface area contributed by atoms with Crippen molar-refractivity contribution < 1.29 is 9.90 Å². The molecule has 0 fully saturated rings. The second kappa shape index (κ2) is 5.15. The number of carboxylic acids is 1. The van der Waals surface area contributed by atoms with Gasteiger partial charge in [0.2, 0.25) is 0 Å². The fraction of sp³-hybridized carbons (Fsp3) is 0.727. The Labute approximate surface area is 86.2 Å². The van der Waals surface area contributed by atoms with E-state index in [1.165, 1.54) is 0 Å². The number of aliphatic carboxylic acids is 1. The van der Waals surface area contributed by atoms with E-state index in [0.29, 0.717) is 12.5 Å². The van der Waals surface area contributed by atoms with Crippen molar-refractivity contribution >= 4 is 5.97 Å². The van der Waals surface area contributed by atoms with Crippen LogP contribution in [0.4, 0.5) is 0 Å². The summed E-state index contributed by atoms with van der Waals surface area (Å²) in [4.78, 5) is 10.4. The van der Waals surface area contributed by atoms with Crippen molar-refractivity contribution in [2.45, 2.75) is 27.7 Å². The van der Waals surface area contributed by atoms with Gasteiger partial charge in [0.15, 0.2) is 0 Å². The van der Waals surface area contributed by atoms with Crippen molar-refractivity contribution in [3.63, 3.8) is 0 Å². The quantitative estimate of drug-likeness (QED) is 0.665. The normalized spacial score (nSPS) is 13.7. The molecule has 0 saturated heterocycles. The third-order valence-corrected chi connectivity index (χ3v) is 2.57. The standard InChI is InChI=1S/C11H21NO2/c1-8(10(13)14)6-12-7-9(2)11(3,4)5/h9,12H,1,6-7H2,2-5H3,(H,13,14). The zero-order valence-electron chi connectivity index (χ0n) is 9.55. The van der Waals surface area contributed by atoms with Gasteiger partial charge in [-0.2, -0.15) is 0 Å². The molecule has 2 N–H and O–H groups in total. The van der Waals surface area contributed by atoms with Gasteiger partial charge in [0, 0.05) is 12.1 Å². The van der Waals surface area contributed by atoms with Crippen LogP contribution < -0.4 is 5.32 Å². The van der Waals surface area contributed by atoms with E-state index >= 15 is 0 Å². The molecule has 1 unspecified atom stereocenters. The summed E-state index contributed by atoms with van der Waals surface area (Å²) >= 11 is 0. The number of carboxylic acid groups (broad SMARTS) is 1. The number of hydrogen-bond donors (Lipinski definition) is 2. The van der Waals surface area contributed by atoms with Crippen LogP contribution in [0.25, 0.3) is 0 Å². The summed E-state index contributed by atoms with van der Waals surface area (Å²) in [5.41, 5.74) is 0.462. The summed E-state index contributed by atoms with van der Waals surface area (Å²) < 4.78 is 0. The molecule has 0 aromatic heterocycles. The molecule has 0 aliphatic rings. The zero-order chi connectivity index (χ0) is 11.4. The Morgan fingerprint density at radius 3 is 2.36 bits per heavy atom. The van der Waals surface area contributed by atoms with Gasteiger partial charge in [-0.3, -0.25) is 0 Å². The Morgan fingerprint density at radius 1 is 1.50 bits per heavy atom. The summed E-state index contributed by atoms with van der Waals surface area (Å²) in [6.07, 6.45) is 0. The maximum absolute atomic E-state index is 10.4. The molecule has 1 atom stereocenters. The molecule has 0 rings (SSSR count). The molecule has 14 heavy (non-hydrogen) atoms. The van der Waals surface area contributed by atoms with E-state index in [4.69, 9.17) is 5.11 Å². The van der Waals surface area contributed by atoms with Crippen LogP contribution in [-0.4, -0.2) is 24.2 Å². The van der Waals surface area contributed by atoms with E-state index in [2.05, 4.69) is 39.6 Å². The van der Waals surface area contributed by atoms with Gasteiger partial charge < -0.3 is 10.4 Å². The maximum atomic E-state index is 10.4. The van der Waals surface area contributed by atoms with Crippen LogP contribution in [0.5, 0.6) is 0 Å². The highest BCUT2D eigenvalue weighted by molar-refractivity contribution is 5.86. The summed E-state index contributed by atoms with van der Waals surface area (Å²) in [5, 5.41) is 11.7. The molecule has 0 aliphatic heterocycles. The highest BCUT2D eigenvalue weighted by atomic mass is 16.4. The molecule has 0 heterocycles. The van der Waals surface area contributed by atoms with Gasteiger partial charge in [-0.1, -0.05) is 34.3 Å². The minimum absolute atomic E-state index is 0.214. The molecule has 0 saturated carbocycles. The van der Waals surface area contributed by atoms with Crippen LogP contribution in [0, 0.1) is 11.3 Å². The summed E-state index contributed by atoms with van der Waals surface area (Å²) in [6, 6.07) is 0. The van der Waals surface area contributed by atoms with Crippen molar-refractivity contribution in [2.24, 2.45) is 11.3 Å². The molecule has 0 aromatic rings. The highest BCUT2D eigenvalue weighted by Gasteiger charge is 2.19. The average molecular weight is 199 g/mol. The molecule has 3 nitrogen and oxygen atoms in total. The Morgan fingerprint density at radius 2 is 2.00 bits per heavy atom. The lowest BCUT2D eigenvalue weighted by atomic mass is 9.82. The van der Waals surface area contributed by atoms with Gasteiger partial charge in [0.25, 0.3) is 0 Å². The third-order valence-electron chi connectivity index (χ3n) is 2.57. The van der Waals surface area contributed by atoms with Gasteiger partial charge >= 0.3 is 5.97 Å².